The van der Waals surface area contributed by atoms with Gasteiger partial charge < -0.3 is 23.7 Å². The first-order chi connectivity index (χ1) is 13.2. The summed E-state index contributed by atoms with van der Waals surface area (Å²) < 4.78 is 15.9. The van der Waals surface area contributed by atoms with Crippen molar-refractivity contribution in [3.63, 3.8) is 0 Å². The number of ether oxygens (including phenoxy) is 2. The number of hydrogen-bond acceptors (Lipinski definition) is 5. The lowest BCUT2D eigenvalue weighted by Gasteiger charge is -2.34. The number of carbonyl (C=O) groups excluding carboxylic acids is 2. The van der Waals surface area contributed by atoms with Gasteiger partial charge in [-0.1, -0.05) is 6.07 Å². The van der Waals surface area contributed by atoms with Crippen LogP contribution in [0.15, 0.2) is 41.0 Å². The van der Waals surface area contributed by atoms with Crippen molar-refractivity contribution >= 4 is 11.8 Å². The minimum absolute atomic E-state index is 0.0256. The van der Waals surface area contributed by atoms with Crippen LogP contribution in [-0.2, 0) is 4.79 Å². The van der Waals surface area contributed by atoms with Crippen molar-refractivity contribution in [3.05, 3.63) is 47.9 Å². The quantitative estimate of drug-likeness (QED) is 0.830. The van der Waals surface area contributed by atoms with E-state index in [1.165, 1.54) is 6.26 Å². The van der Waals surface area contributed by atoms with Crippen LogP contribution in [0.1, 0.15) is 28.5 Å². The summed E-state index contributed by atoms with van der Waals surface area (Å²) in [4.78, 5) is 28.8. The summed E-state index contributed by atoms with van der Waals surface area (Å²) in [6.07, 6.45) is 2.36. The maximum Gasteiger partial charge on any atom is 0.289 e. The standard InChI is InChI=1S/C20H20N2O5/c23-19(15-11-14(15)13-3-4-16-18(10-13)27-12-26-16)21-5-7-22(8-6-21)20(24)17-2-1-9-25-17/h1-4,9-10,14-15H,5-8,11-12H2. The van der Waals surface area contributed by atoms with Crippen LogP contribution in [0, 0.1) is 5.92 Å². The summed E-state index contributed by atoms with van der Waals surface area (Å²) in [5.41, 5.74) is 1.13. The molecule has 2 amide bonds. The molecule has 2 fully saturated rings. The summed E-state index contributed by atoms with van der Waals surface area (Å²) >= 11 is 0. The second-order valence-corrected chi connectivity index (χ2v) is 7.16. The van der Waals surface area contributed by atoms with E-state index >= 15 is 0 Å². The number of benzene rings is 1. The Morgan fingerprint density at radius 1 is 0.963 bits per heavy atom. The minimum atomic E-state index is -0.114. The van der Waals surface area contributed by atoms with Crippen LogP contribution in [0.4, 0.5) is 0 Å². The van der Waals surface area contributed by atoms with Crippen LogP contribution in [-0.4, -0.2) is 54.6 Å². The highest BCUT2D eigenvalue weighted by atomic mass is 16.7. The number of nitrogens with zero attached hydrogens (tertiary/aromatic N) is 2. The highest BCUT2D eigenvalue weighted by Crippen LogP contribution is 2.50. The number of fused-ring (bicyclic) bond motifs is 1. The van der Waals surface area contributed by atoms with Gasteiger partial charge in [0, 0.05) is 32.1 Å². The molecule has 2 aliphatic heterocycles. The summed E-state index contributed by atoms with van der Waals surface area (Å²) in [5.74, 6) is 2.21. The van der Waals surface area contributed by atoms with E-state index in [0.717, 1.165) is 23.5 Å². The molecule has 1 aromatic carbocycles. The molecule has 3 heterocycles. The van der Waals surface area contributed by atoms with Crippen LogP contribution in [0.3, 0.4) is 0 Å². The average Bonchev–Trinajstić information content (AvgIpc) is 3.09. The minimum Gasteiger partial charge on any atom is -0.459 e. The van der Waals surface area contributed by atoms with Gasteiger partial charge in [-0.3, -0.25) is 9.59 Å². The lowest BCUT2D eigenvalue weighted by Crippen LogP contribution is -2.51. The highest BCUT2D eigenvalue weighted by Gasteiger charge is 2.46. The Kier molecular flexibility index (Phi) is 3.81. The average molecular weight is 368 g/mol. The van der Waals surface area contributed by atoms with E-state index in [9.17, 15) is 9.59 Å². The second-order valence-electron chi connectivity index (χ2n) is 7.16. The Labute approximate surface area is 156 Å². The molecule has 1 aromatic heterocycles. The molecule has 5 rings (SSSR count). The van der Waals surface area contributed by atoms with Gasteiger partial charge >= 0.3 is 0 Å². The van der Waals surface area contributed by atoms with E-state index in [2.05, 4.69) is 0 Å². The maximum atomic E-state index is 12.8. The van der Waals surface area contributed by atoms with Crippen LogP contribution in [0.5, 0.6) is 11.5 Å². The predicted molar refractivity (Wildman–Crippen MR) is 94.6 cm³/mol. The molecule has 140 valence electrons. The number of rotatable bonds is 3. The van der Waals surface area contributed by atoms with Crippen molar-refractivity contribution in [1.29, 1.82) is 0 Å². The third-order valence-electron chi connectivity index (χ3n) is 5.54. The predicted octanol–water partition coefficient (Wildman–Crippen LogP) is 2.10. The third kappa shape index (κ3) is 2.93. The zero-order chi connectivity index (χ0) is 18.4. The lowest BCUT2D eigenvalue weighted by molar-refractivity contribution is -0.134. The molecule has 0 spiro atoms. The number of amides is 2. The van der Waals surface area contributed by atoms with Gasteiger partial charge in [0.2, 0.25) is 12.7 Å². The molecule has 7 heteroatoms. The number of hydrogen-bond donors (Lipinski definition) is 0. The van der Waals surface area contributed by atoms with E-state index in [0.29, 0.717) is 31.9 Å². The zero-order valence-corrected chi connectivity index (χ0v) is 14.8. The number of piperazine rings is 1. The fraction of sp³-hybridized carbons (Fsp3) is 0.400. The van der Waals surface area contributed by atoms with Gasteiger partial charge in [-0.25, -0.2) is 0 Å². The van der Waals surface area contributed by atoms with Crippen molar-refractivity contribution in [2.75, 3.05) is 33.0 Å². The molecule has 0 radical (unpaired) electrons. The van der Waals surface area contributed by atoms with Crippen LogP contribution < -0.4 is 9.47 Å². The van der Waals surface area contributed by atoms with Crippen molar-refractivity contribution in [1.82, 2.24) is 9.80 Å². The first kappa shape index (κ1) is 16.2. The summed E-state index contributed by atoms with van der Waals surface area (Å²) in [5, 5.41) is 0. The van der Waals surface area contributed by atoms with Crippen LogP contribution in [0.25, 0.3) is 0 Å². The van der Waals surface area contributed by atoms with Crippen molar-refractivity contribution in [2.24, 2.45) is 5.92 Å². The van der Waals surface area contributed by atoms with E-state index < -0.39 is 0 Å². The molecule has 2 aromatic rings. The first-order valence-corrected chi connectivity index (χ1v) is 9.22. The molecule has 0 bridgehead atoms. The molecule has 2 atom stereocenters. The molecule has 1 aliphatic carbocycles. The largest absolute Gasteiger partial charge is 0.459 e. The lowest BCUT2D eigenvalue weighted by atomic mass is 10.1. The van der Waals surface area contributed by atoms with E-state index in [4.69, 9.17) is 13.9 Å². The first-order valence-electron chi connectivity index (χ1n) is 9.22. The van der Waals surface area contributed by atoms with Gasteiger partial charge in [-0.15, -0.1) is 0 Å². The molecular weight excluding hydrogens is 348 g/mol. The highest BCUT2D eigenvalue weighted by molar-refractivity contribution is 5.91. The fourth-order valence-corrected chi connectivity index (χ4v) is 3.90. The van der Waals surface area contributed by atoms with Gasteiger partial charge in [0.1, 0.15) is 0 Å². The van der Waals surface area contributed by atoms with Gasteiger partial charge in [-0.2, -0.15) is 0 Å². The smallest absolute Gasteiger partial charge is 0.289 e. The molecule has 3 aliphatic rings. The summed E-state index contributed by atoms with van der Waals surface area (Å²) in [7, 11) is 0. The Morgan fingerprint density at radius 3 is 2.52 bits per heavy atom. The van der Waals surface area contributed by atoms with E-state index in [-0.39, 0.29) is 30.4 Å². The molecule has 27 heavy (non-hydrogen) atoms. The molecule has 1 saturated carbocycles. The normalized spacial score (nSPS) is 23.4. The van der Waals surface area contributed by atoms with Gasteiger partial charge in [0.25, 0.3) is 5.91 Å². The molecule has 0 N–H and O–H groups in total. The zero-order valence-electron chi connectivity index (χ0n) is 14.8. The van der Waals surface area contributed by atoms with Crippen molar-refractivity contribution < 1.29 is 23.5 Å². The number of carbonyl (C=O) groups is 2. The molecule has 7 nitrogen and oxygen atoms in total. The van der Waals surface area contributed by atoms with Crippen LogP contribution >= 0.6 is 0 Å². The third-order valence-corrected chi connectivity index (χ3v) is 5.54. The summed E-state index contributed by atoms with van der Waals surface area (Å²) in [6.45, 7) is 2.46. The molecule has 2 unspecified atom stereocenters. The number of furan rings is 1. The van der Waals surface area contributed by atoms with E-state index in [1.807, 2.05) is 23.1 Å². The Hall–Kier alpha value is -2.96. The SMILES string of the molecule is O=C(c1ccco1)N1CCN(C(=O)C2CC2c2ccc3c(c2)OCO3)CC1. The topological polar surface area (TPSA) is 72.2 Å². The van der Waals surface area contributed by atoms with Crippen LogP contribution in [0.2, 0.25) is 0 Å². The fourth-order valence-electron chi connectivity index (χ4n) is 3.90. The molecular formula is C20H20N2O5. The maximum absolute atomic E-state index is 12.8. The monoisotopic (exact) mass is 368 g/mol. The Bertz CT molecular complexity index is 871. The summed E-state index contributed by atoms with van der Waals surface area (Å²) in [6, 6.07) is 9.29. The molecule has 1 saturated heterocycles. The van der Waals surface area contributed by atoms with Gasteiger partial charge in [-0.05, 0) is 42.2 Å². The second kappa shape index (κ2) is 6.33. The van der Waals surface area contributed by atoms with Gasteiger partial charge in [0.05, 0.1) is 6.26 Å². The van der Waals surface area contributed by atoms with E-state index in [1.54, 1.807) is 17.0 Å². The van der Waals surface area contributed by atoms with Crippen molar-refractivity contribution in [2.45, 2.75) is 12.3 Å². The van der Waals surface area contributed by atoms with Gasteiger partial charge in [0.15, 0.2) is 17.3 Å². The van der Waals surface area contributed by atoms with Crippen molar-refractivity contribution in [3.8, 4) is 11.5 Å². The Balaban J connectivity index is 1.18. The Morgan fingerprint density at radius 2 is 1.74 bits per heavy atom.